The van der Waals surface area contributed by atoms with Gasteiger partial charge in [-0.2, -0.15) is 0 Å². The van der Waals surface area contributed by atoms with E-state index < -0.39 is 5.97 Å². The van der Waals surface area contributed by atoms with Gasteiger partial charge in [-0.15, -0.1) is 0 Å². The summed E-state index contributed by atoms with van der Waals surface area (Å²) in [4.78, 5) is 12.5. The lowest BCUT2D eigenvalue weighted by Crippen LogP contribution is -2.29. The van der Waals surface area contributed by atoms with Crippen molar-refractivity contribution in [2.45, 2.75) is 26.3 Å². The molecule has 5 nitrogen and oxygen atoms in total. The van der Waals surface area contributed by atoms with Crippen molar-refractivity contribution in [3.8, 4) is 11.5 Å². The number of hydrogen-bond acceptors (Lipinski definition) is 4. The van der Waals surface area contributed by atoms with Gasteiger partial charge in [0.15, 0.2) is 0 Å². The molecule has 1 unspecified atom stereocenters. The molecular weight excluding hydrogens is 234 g/mol. The van der Waals surface area contributed by atoms with Crippen LogP contribution in [0.1, 0.15) is 31.9 Å². The second kappa shape index (κ2) is 6.26. The van der Waals surface area contributed by atoms with E-state index in [1.807, 2.05) is 18.7 Å². The van der Waals surface area contributed by atoms with Gasteiger partial charge in [0.2, 0.25) is 0 Å². The topological polar surface area (TPSA) is 81.0 Å². The summed E-state index contributed by atoms with van der Waals surface area (Å²) in [7, 11) is 0. The quantitative estimate of drug-likeness (QED) is 0.722. The van der Waals surface area contributed by atoms with Gasteiger partial charge in [0.1, 0.15) is 11.5 Å². The zero-order valence-corrected chi connectivity index (χ0v) is 10.6. The summed E-state index contributed by atoms with van der Waals surface area (Å²) >= 11 is 0. The Morgan fingerprint density at radius 3 is 2.33 bits per heavy atom. The first-order valence-electron chi connectivity index (χ1n) is 5.94. The molecule has 0 heterocycles. The molecule has 0 aliphatic rings. The van der Waals surface area contributed by atoms with Crippen molar-refractivity contribution in [3.05, 3.63) is 23.8 Å². The van der Waals surface area contributed by atoms with Gasteiger partial charge < -0.3 is 15.3 Å². The van der Waals surface area contributed by atoms with Crippen molar-refractivity contribution in [2.24, 2.45) is 0 Å². The Balaban J connectivity index is 2.89. The van der Waals surface area contributed by atoms with E-state index in [9.17, 15) is 15.0 Å². The van der Waals surface area contributed by atoms with Crippen molar-refractivity contribution >= 4 is 5.97 Å². The number of carboxylic acids is 1. The van der Waals surface area contributed by atoms with Crippen LogP contribution in [0.25, 0.3) is 0 Å². The van der Waals surface area contributed by atoms with Gasteiger partial charge in [-0.25, -0.2) is 0 Å². The number of phenolic OH excluding ortho intramolecular Hbond substituents is 2. The second-order valence-electron chi connectivity index (χ2n) is 4.16. The summed E-state index contributed by atoms with van der Waals surface area (Å²) in [6, 6.07) is 4.34. The van der Waals surface area contributed by atoms with E-state index in [0.717, 1.165) is 0 Å². The molecule has 0 aromatic heterocycles. The van der Waals surface area contributed by atoms with Crippen LogP contribution in [0.4, 0.5) is 0 Å². The van der Waals surface area contributed by atoms with Crippen LogP contribution >= 0.6 is 0 Å². The molecule has 18 heavy (non-hydrogen) atoms. The molecule has 1 atom stereocenters. The molecule has 0 aliphatic heterocycles. The van der Waals surface area contributed by atoms with E-state index in [2.05, 4.69) is 0 Å². The lowest BCUT2D eigenvalue weighted by Gasteiger charge is -2.28. The van der Waals surface area contributed by atoms with Crippen LogP contribution in [0.15, 0.2) is 18.2 Å². The number of aromatic hydroxyl groups is 2. The van der Waals surface area contributed by atoms with Gasteiger partial charge in [0.25, 0.3) is 0 Å². The number of carbonyl (C=O) groups is 1. The minimum atomic E-state index is -0.859. The normalized spacial score (nSPS) is 12.6. The van der Waals surface area contributed by atoms with Gasteiger partial charge in [-0.05, 0) is 25.6 Å². The largest absolute Gasteiger partial charge is 0.507 e. The summed E-state index contributed by atoms with van der Waals surface area (Å²) in [5.41, 5.74) is 0.435. The Labute approximate surface area is 106 Å². The van der Waals surface area contributed by atoms with Gasteiger partial charge in [-0.1, -0.05) is 13.0 Å². The summed E-state index contributed by atoms with van der Waals surface area (Å²) in [6.45, 7) is 4.76. The van der Waals surface area contributed by atoms with Gasteiger partial charge >= 0.3 is 5.97 Å². The molecule has 0 aliphatic carbocycles. The van der Waals surface area contributed by atoms with Crippen LogP contribution in [0.2, 0.25) is 0 Å². The smallest absolute Gasteiger partial charge is 0.304 e. The predicted octanol–water partition coefficient (Wildman–Crippen LogP) is 1.96. The minimum Gasteiger partial charge on any atom is -0.507 e. The SMILES string of the molecule is CCN(CCC(=O)O)C(C)c1c(O)cccc1O. The molecule has 0 bridgehead atoms. The number of benzene rings is 1. The van der Waals surface area contributed by atoms with Crippen LogP contribution in [-0.4, -0.2) is 39.3 Å². The third-order valence-electron chi connectivity index (χ3n) is 3.04. The highest BCUT2D eigenvalue weighted by Gasteiger charge is 2.21. The molecule has 1 aromatic rings. The van der Waals surface area contributed by atoms with Crippen molar-refractivity contribution in [2.75, 3.05) is 13.1 Å². The molecule has 0 saturated carbocycles. The average Bonchev–Trinajstić information content (AvgIpc) is 2.29. The molecule has 3 N–H and O–H groups in total. The van der Waals surface area contributed by atoms with E-state index in [-0.39, 0.29) is 24.0 Å². The van der Waals surface area contributed by atoms with Gasteiger partial charge in [0, 0.05) is 12.6 Å². The van der Waals surface area contributed by atoms with Gasteiger partial charge in [-0.3, -0.25) is 9.69 Å². The molecule has 0 radical (unpaired) electrons. The highest BCUT2D eigenvalue weighted by atomic mass is 16.4. The maximum Gasteiger partial charge on any atom is 0.304 e. The molecule has 0 saturated heterocycles. The number of carboxylic acid groups (broad SMARTS) is 1. The van der Waals surface area contributed by atoms with E-state index >= 15 is 0 Å². The lowest BCUT2D eigenvalue weighted by molar-refractivity contribution is -0.137. The standard InChI is InChI=1S/C13H19NO4/c1-3-14(8-7-12(17)18)9(2)13-10(15)5-4-6-11(13)16/h4-6,9,15-16H,3,7-8H2,1-2H3,(H,17,18). The van der Waals surface area contributed by atoms with E-state index in [1.165, 1.54) is 12.1 Å². The maximum atomic E-state index is 10.6. The minimum absolute atomic E-state index is 0.0243. The Hall–Kier alpha value is -1.75. The molecule has 0 amide bonds. The monoisotopic (exact) mass is 253 g/mol. The van der Waals surface area contributed by atoms with Crippen LogP contribution in [0.3, 0.4) is 0 Å². The Morgan fingerprint density at radius 1 is 1.33 bits per heavy atom. The lowest BCUT2D eigenvalue weighted by atomic mass is 10.0. The number of hydrogen-bond donors (Lipinski definition) is 3. The fraction of sp³-hybridized carbons (Fsp3) is 0.462. The van der Waals surface area contributed by atoms with Crippen molar-refractivity contribution in [1.29, 1.82) is 0 Å². The fourth-order valence-electron chi connectivity index (χ4n) is 2.02. The summed E-state index contributed by atoms with van der Waals surface area (Å²) in [6.07, 6.45) is 0.0343. The van der Waals surface area contributed by atoms with Crippen LogP contribution in [0.5, 0.6) is 11.5 Å². The zero-order valence-electron chi connectivity index (χ0n) is 10.6. The van der Waals surface area contributed by atoms with Crippen molar-refractivity contribution < 1.29 is 20.1 Å². The Bertz CT molecular complexity index is 399. The third-order valence-corrected chi connectivity index (χ3v) is 3.04. The highest BCUT2D eigenvalue weighted by Crippen LogP contribution is 2.35. The zero-order chi connectivity index (χ0) is 13.7. The molecule has 0 fully saturated rings. The maximum absolute atomic E-state index is 10.6. The summed E-state index contributed by atoms with van der Waals surface area (Å²) in [5.74, 6) is -0.810. The number of aliphatic carboxylic acids is 1. The first kappa shape index (κ1) is 14.3. The predicted molar refractivity (Wildman–Crippen MR) is 67.7 cm³/mol. The molecule has 5 heteroatoms. The molecule has 1 rings (SSSR count). The van der Waals surface area contributed by atoms with Crippen LogP contribution in [0, 0.1) is 0 Å². The first-order valence-corrected chi connectivity index (χ1v) is 5.94. The van der Waals surface area contributed by atoms with Crippen molar-refractivity contribution in [3.63, 3.8) is 0 Å². The van der Waals surface area contributed by atoms with E-state index in [0.29, 0.717) is 18.7 Å². The van der Waals surface area contributed by atoms with Crippen LogP contribution < -0.4 is 0 Å². The molecule has 1 aromatic carbocycles. The van der Waals surface area contributed by atoms with E-state index in [4.69, 9.17) is 5.11 Å². The fourth-order valence-corrected chi connectivity index (χ4v) is 2.02. The van der Waals surface area contributed by atoms with Crippen LogP contribution in [-0.2, 0) is 4.79 Å². The Morgan fingerprint density at radius 2 is 1.89 bits per heavy atom. The second-order valence-corrected chi connectivity index (χ2v) is 4.16. The average molecular weight is 253 g/mol. The summed E-state index contributed by atoms with van der Waals surface area (Å²) in [5, 5.41) is 28.3. The number of rotatable bonds is 6. The van der Waals surface area contributed by atoms with Gasteiger partial charge in [0.05, 0.1) is 12.0 Å². The highest BCUT2D eigenvalue weighted by molar-refractivity contribution is 5.66. The Kier molecular flexibility index (Phi) is 4.97. The number of phenols is 2. The third kappa shape index (κ3) is 3.37. The number of nitrogens with zero attached hydrogens (tertiary/aromatic N) is 1. The van der Waals surface area contributed by atoms with Crippen molar-refractivity contribution in [1.82, 2.24) is 4.90 Å². The first-order chi connectivity index (χ1) is 8.47. The molecule has 100 valence electrons. The molecular formula is C13H19NO4. The van der Waals surface area contributed by atoms with E-state index in [1.54, 1.807) is 6.07 Å². The molecule has 0 spiro atoms. The summed E-state index contributed by atoms with van der Waals surface area (Å²) < 4.78 is 0.